The molecule has 2 fully saturated rings. The van der Waals surface area contributed by atoms with Gasteiger partial charge in [0.25, 0.3) is 5.91 Å². The standard InChI is InChI=1S/C15H19IN2O.ClH/c1-9-2-5-14(16)13(6-9)15(19)18-12-7-10-3-4-11(8-12)17-10;/h2,5-6,10-12,17H,3-4,7-8H2,1H3,(H,18,19);1H. The highest BCUT2D eigenvalue weighted by Crippen LogP contribution is 2.27. The average molecular weight is 407 g/mol. The van der Waals surface area contributed by atoms with E-state index in [2.05, 4.69) is 33.2 Å². The lowest BCUT2D eigenvalue weighted by molar-refractivity contribution is 0.0923. The van der Waals surface area contributed by atoms with E-state index in [4.69, 9.17) is 0 Å². The van der Waals surface area contributed by atoms with Crippen LogP contribution in [0.4, 0.5) is 0 Å². The zero-order valence-electron chi connectivity index (χ0n) is 11.5. The molecular weight excluding hydrogens is 387 g/mol. The summed E-state index contributed by atoms with van der Waals surface area (Å²) in [5.74, 6) is 0.0828. The molecule has 2 bridgehead atoms. The monoisotopic (exact) mass is 406 g/mol. The SMILES string of the molecule is Cc1ccc(I)c(C(=O)NC2CC3CCC(C2)N3)c1.Cl. The van der Waals surface area contributed by atoms with Crippen molar-refractivity contribution in [2.24, 2.45) is 0 Å². The summed E-state index contributed by atoms with van der Waals surface area (Å²) < 4.78 is 1.03. The first-order valence-corrected chi connectivity index (χ1v) is 8.03. The van der Waals surface area contributed by atoms with Crippen molar-refractivity contribution in [3.05, 3.63) is 32.9 Å². The minimum atomic E-state index is 0. The Morgan fingerprint density at radius 1 is 1.30 bits per heavy atom. The maximum atomic E-state index is 12.4. The van der Waals surface area contributed by atoms with Crippen molar-refractivity contribution in [2.75, 3.05) is 0 Å². The van der Waals surface area contributed by atoms with Crippen molar-refractivity contribution in [2.45, 2.75) is 50.7 Å². The molecule has 2 N–H and O–H groups in total. The molecule has 110 valence electrons. The molecule has 20 heavy (non-hydrogen) atoms. The van der Waals surface area contributed by atoms with Crippen LogP contribution in [-0.4, -0.2) is 24.0 Å². The minimum Gasteiger partial charge on any atom is -0.349 e. The maximum Gasteiger partial charge on any atom is 0.252 e. The predicted octanol–water partition coefficient (Wildman–Crippen LogP) is 3.03. The van der Waals surface area contributed by atoms with Crippen molar-refractivity contribution in [1.82, 2.24) is 10.6 Å². The van der Waals surface area contributed by atoms with Crippen LogP contribution >= 0.6 is 35.0 Å². The zero-order chi connectivity index (χ0) is 13.4. The van der Waals surface area contributed by atoms with Gasteiger partial charge in [0.05, 0.1) is 5.56 Å². The fourth-order valence-corrected chi connectivity index (χ4v) is 3.83. The molecule has 0 radical (unpaired) electrons. The lowest BCUT2D eigenvalue weighted by Gasteiger charge is -2.29. The van der Waals surface area contributed by atoms with Crippen LogP contribution in [0, 0.1) is 10.5 Å². The number of hydrogen-bond acceptors (Lipinski definition) is 2. The highest BCUT2D eigenvalue weighted by molar-refractivity contribution is 14.1. The Bertz CT molecular complexity index is 497. The molecule has 5 heteroatoms. The highest BCUT2D eigenvalue weighted by Gasteiger charge is 2.34. The summed E-state index contributed by atoms with van der Waals surface area (Å²) in [6.07, 6.45) is 4.67. The number of carbonyl (C=O) groups is 1. The maximum absolute atomic E-state index is 12.4. The lowest BCUT2D eigenvalue weighted by atomic mass is 9.99. The lowest BCUT2D eigenvalue weighted by Crippen LogP contribution is -2.48. The number of piperidine rings is 1. The van der Waals surface area contributed by atoms with E-state index in [1.807, 2.05) is 25.1 Å². The molecule has 1 aromatic rings. The molecule has 2 unspecified atom stereocenters. The van der Waals surface area contributed by atoms with E-state index in [1.54, 1.807) is 0 Å². The third kappa shape index (κ3) is 3.46. The van der Waals surface area contributed by atoms with Gasteiger partial charge in [0, 0.05) is 21.7 Å². The molecule has 2 heterocycles. The number of hydrogen-bond donors (Lipinski definition) is 2. The molecule has 1 amide bonds. The Morgan fingerprint density at radius 3 is 2.60 bits per heavy atom. The van der Waals surface area contributed by atoms with Gasteiger partial charge in [0.1, 0.15) is 0 Å². The number of rotatable bonds is 2. The van der Waals surface area contributed by atoms with Gasteiger partial charge in [0.2, 0.25) is 0 Å². The van der Waals surface area contributed by atoms with Crippen LogP contribution in [0.2, 0.25) is 0 Å². The van der Waals surface area contributed by atoms with Gasteiger partial charge in [0.15, 0.2) is 0 Å². The van der Waals surface area contributed by atoms with Crippen LogP contribution < -0.4 is 10.6 Å². The number of benzene rings is 1. The molecule has 2 aliphatic heterocycles. The molecule has 3 rings (SSSR count). The number of carbonyl (C=O) groups excluding carboxylic acids is 1. The van der Waals surface area contributed by atoms with Crippen LogP contribution in [0.3, 0.4) is 0 Å². The number of fused-ring (bicyclic) bond motifs is 2. The normalized spacial score (nSPS) is 27.8. The summed E-state index contributed by atoms with van der Waals surface area (Å²) in [6, 6.07) is 7.59. The summed E-state index contributed by atoms with van der Waals surface area (Å²) in [5, 5.41) is 6.82. The Kier molecular flexibility index (Phi) is 5.31. The van der Waals surface area contributed by atoms with Crippen molar-refractivity contribution in [1.29, 1.82) is 0 Å². The molecule has 2 atom stereocenters. The molecular formula is C15H20ClIN2O. The Hall–Kier alpha value is -0.330. The zero-order valence-corrected chi connectivity index (χ0v) is 14.5. The van der Waals surface area contributed by atoms with Gasteiger partial charge in [-0.15, -0.1) is 12.4 Å². The topological polar surface area (TPSA) is 41.1 Å². The summed E-state index contributed by atoms with van der Waals surface area (Å²) in [7, 11) is 0. The quantitative estimate of drug-likeness (QED) is 0.741. The Balaban J connectivity index is 0.00000147. The van der Waals surface area contributed by atoms with E-state index < -0.39 is 0 Å². The van der Waals surface area contributed by atoms with Crippen LogP contribution in [0.1, 0.15) is 41.6 Å². The van der Waals surface area contributed by atoms with Gasteiger partial charge < -0.3 is 10.6 Å². The number of halogens is 2. The van der Waals surface area contributed by atoms with E-state index in [0.717, 1.165) is 27.5 Å². The van der Waals surface area contributed by atoms with Gasteiger partial charge in [-0.2, -0.15) is 0 Å². The second-order valence-electron chi connectivity index (χ2n) is 5.76. The van der Waals surface area contributed by atoms with Gasteiger partial charge in [-0.05, 0) is 67.3 Å². The second kappa shape index (κ2) is 6.62. The van der Waals surface area contributed by atoms with E-state index >= 15 is 0 Å². The summed E-state index contributed by atoms with van der Waals surface area (Å²) in [4.78, 5) is 12.4. The minimum absolute atomic E-state index is 0. The van der Waals surface area contributed by atoms with Crippen molar-refractivity contribution < 1.29 is 4.79 Å². The van der Waals surface area contributed by atoms with Crippen LogP contribution in [-0.2, 0) is 0 Å². The smallest absolute Gasteiger partial charge is 0.252 e. The molecule has 0 aromatic heterocycles. The first kappa shape index (κ1) is 16.0. The van der Waals surface area contributed by atoms with Gasteiger partial charge in [-0.3, -0.25) is 4.79 Å². The van der Waals surface area contributed by atoms with Gasteiger partial charge in [-0.1, -0.05) is 11.6 Å². The third-order valence-corrected chi connectivity index (χ3v) is 5.12. The number of aryl methyl sites for hydroxylation is 1. The highest BCUT2D eigenvalue weighted by atomic mass is 127. The van der Waals surface area contributed by atoms with Crippen LogP contribution in [0.25, 0.3) is 0 Å². The van der Waals surface area contributed by atoms with Crippen molar-refractivity contribution >= 4 is 40.9 Å². The Labute approximate surface area is 139 Å². The van der Waals surface area contributed by atoms with E-state index in [1.165, 1.54) is 12.8 Å². The average Bonchev–Trinajstić information content (AvgIpc) is 2.71. The molecule has 2 saturated heterocycles. The first-order valence-electron chi connectivity index (χ1n) is 6.95. The van der Waals surface area contributed by atoms with Crippen LogP contribution in [0.5, 0.6) is 0 Å². The van der Waals surface area contributed by atoms with Crippen molar-refractivity contribution in [3.8, 4) is 0 Å². The largest absolute Gasteiger partial charge is 0.349 e. The fraction of sp³-hybridized carbons (Fsp3) is 0.533. The molecule has 0 saturated carbocycles. The van der Waals surface area contributed by atoms with Crippen molar-refractivity contribution in [3.63, 3.8) is 0 Å². The molecule has 3 nitrogen and oxygen atoms in total. The van der Waals surface area contributed by atoms with E-state index in [9.17, 15) is 4.79 Å². The molecule has 2 aliphatic rings. The van der Waals surface area contributed by atoms with Gasteiger partial charge in [-0.25, -0.2) is 0 Å². The molecule has 0 spiro atoms. The van der Waals surface area contributed by atoms with Gasteiger partial charge >= 0.3 is 0 Å². The molecule has 0 aliphatic carbocycles. The summed E-state index contributed by atoms with van der Waals surface area (Å²) in [6.45, 7) is 2.03. The van der Waals surface area contributed by atoms with E-state index in [-0.39, 0.29) is 18.3 Å². The molecule has 1 aromatic carbocycles. The first-order chi connectivity index (χ1) is 9.11. The summed E-state index contributed by atoms with van der Waals surface area (Å²) >= 11 is 2.23. The summed E-state index contributed by atoms with van der Waals surface area (Å²) in [5.41, 5.74) is 1.95. The Morgan fingerprint density at radius 2 is 1.95 bits per heavy atom. The number of nitrogens with one attached hydrogen (secondary N) is 2. The van der Waals surface area contributed by atoms with E-state index in [0.29, 0.717) is 18.1 Å². The van der Waals surface area contributed by atoms with Crippen LogP contribution in [0.15, 0.2) is 18.2 Å². The number of amides is 1. The third-order valence-electron chi connectivity index (χ3n) is 4.17. The fourth-order valence-electron chi connectivity index (χ4n) is 3.25. The predicted molar refractivity (Wildman–Crippen MR) is 91.6 cm³/mol. The second-order valence-corrected chi connectivity index (χ2v) is 6.93.